The van der Waals surface area contributed by atoms with E-state index >= 15 is 0 Å². The maximum Gasteiger partial charge on any atom is 0.254 e. The lowest BCUT2D eigenvalue weighted by Crippen LogP contribution is -2.25. The molecule has 10 nitrogen and oxygen atoms in total. The Balaban J connectivity index is 1.23. The number of halogens is 1. The summed E-state index contributed by atoms with van der Waals surface area (Å²) in [4.78, 5) is 30.9. The first-order chi connectivity index (χ1) is 18.0. The third kappa shape index (κ3) is 5.57. The van der Waals surface area contributed by atoms with Crippen LogP contribution in [0.3, 0.4) is 0 Å². The van der Waals surface area contributed by atoms with Gasteiger partial charge in [0.25, 0.3) is 5.91 Å². The zero-order valence-corrected chi connectivity index (χ0v) is 22.5. The van der Waals surface area contributed by atoms with Crippen molar-refractivity contribution in [1.82, 2.24) is 24.8 Å². The number of nitrogens with one attached hydrogen (secondary N) is 3. The van der Waals surface area contributed by atoms with Crippen LogP contribution in [0.5, 0.6) is 5.75 Å². The monoisotopic (exact) mass is 613 g/mol. The third-order valence-electron chi connectivity index (χ3n) is 6.72. The number of carbonyl (C=O) groups is 2. The second kappa shape index (κ2) is 10.3. The Morgan fingerprint density at radius 1 is 1.19 bits per heavy atom. The van der Waals surface area contributed by atoms with Gasteiger partial charge in [-0.3, -0.25) is 19.8 Å². The van der Waals surface area contributed by atoms with Gasteiger partial charge in [0.1, 0.15) is 24.0 Å². The Labute approximate surface area is 228 Å². The molecule has 3 N–H and O–H groups in total. The minimum Gasteiger partial charge on any atom is -0.491 e. The molecule has 0 spiro atoms. The summed E-state index contributed by atoms with van der Waals surface area (Å²) in [5.74, 6) is 1.69. The van der Waals surface area contributed by atoms with E-state index in [1.807, 2.05) is 24.3 Å². The summed E-state index contributed by atoms with van der Waals surface area (Å²) in [6.45, 7) is 3.97. The van der Waals surface area contributed by atoms with Gasteiger partial charge in [0.15, 0.2) is 5.65 Å². The van der Waals surface area contributed by atoms with E-state index in [1.54, 1.807) is 16.8 Å². The molecule has 0 atom stereocenters. The number of nitrogens with zero attached hydrogens (tertiary/aromatic N) is 4. The number of amides is 2. The number of imide groups is 1. The van der Waals surface area contributed by atoms with E-state index in [-0.39, 0.29) is 18.2 Å². The highest BCUT2D eigenvalue weighted by Crippen LogP contribution is 2.30. The largest absolute Gasteiger partial charge is 0.491 e. The van der Waals surface area contributed by atoms with Gasteiger partial charge in [-0.1, -0.05) is 0 Å². The summed E-state index contributed by atoms with van der Waals surface area (Å²) < 4.78 is 8.80. The normalized spacial score (nSPS) is 19.1. The van der Waals surface area contributed by atoms with E-state index < -0.39 is 0 Å². The number of likely N-dealkylation sites (tertiary alicyclic amines) is 1. The molecule has 2 amide bonds. The summed E-state index contributed by atoms with van der Waals surface area (Å²) in [6.07, 6.45) is 8.22. The molecule has 37 heavy (non-hydrogen) atoms. The molecule has 3 aromatic rings. The molecule has 3 aliphatic rings. The zero-order valence-electron chi connectivity index (χ0n) is 20.3. The lowest BCUT2D eigenvalue weighted by Gasteiger charge is -2.16. The molecule has 1 aromatic carbocycles. The molecule has 6 rings (SSSR count). The van der Waals surface area contributed by atoms with Gasteiger partial charge >= 0.3 is 0 Å². The standard InChI is InChI=1S/C26H28IN7O3/c27-20-13-19(5-6-21(20)37-10-9-33-7-1-2-8-33)29-22-14-23(30-18-3-4-18)34-25(31-22)17(15-28-34)11-16-12-24(35)32-26(16)36/h5-6,11,13-15,18,30H,1-4,7-10,12H2,(H,29,31)(H,32,35,36)/b16-11+. The molecule has 0 radical (unpaired) electrons. The smallest absolute Gasteiger partial charge is 0.254 e. The number of fused-ring (bicyclic) bond motifs is 1. The average molecular weight is 613 g/mol. The Bertz CT molecular complexity index is 1390. The number of benzene rings is 1. The molecule has 11 heteroatoms. The van der Waals surface area contributed by atoms with Crippen molar-refractivity contribution in [3.8, 4) is 5.75 Å². The van der Waals surface area contributed by atoms with Crippen LogP contribution in [0.25, 0.3) is 11.7 Å². The lowest BCUT2D eigenvalue weighted by molar-refractivity contribution is -0.124. The van der Waals surface area contributed by atoms with Gasteiger partial charge in [-0.2, -0.15) is 9.61 Å². The Morgan fingerprint density at radius 2 is 2.03 bits per heavy atom. The van der Waals surface area contributed by atoms with E-state index in [9.17, 15) is 9.59 Å². The van der Waals surface area contributed by atoms with Crippen LogP contribution >= 0.6 is 22.6 Å². The number of ether oxygens (including phenoxy) is 1. The second-order valence-electron chi connectivity index (χ2n) is 9.67. The third-order valence-corrected chi connectivity index (χ3v) is 7.56. The number of anilines is 3. The Morgan fingerprint density at radius 3 is 2.76 bits per heavy atom. The molecule has 2 saturated heterocycles. The fraction of sp³-hybridized carbons (Fsp3) is 0.385. The molecule has 1 saturated carbocycles. The maximum atomic E-state index is 12.1. The molecule has 4 heterocycles. The SMILES string of the molecule is O=C1C/C(=C\c2cnn3c(NC4CC4)cc(Nc4ccc(OCCN5CCCC5)c(I)c4)nc23)C(=O)N1. The van der Waals surface area contributed by atoms with Gasteiger partial charge in [0.2, 0.25) is 5.91 Å². The van der Waals surface area contributed by atoms with Crippen LogP contribution < -0.4 is 20.7 Å². The van der Waals surface area contributed by atoms with Gasteiger partial charge in [-0.05, 0) is 85.6 Å². The molecular formula is C26H28IN7O3. The highest BCUT2D eigenvalue weighted by molar-refractivity contribution is 14.1. The first-order valence-electron chi connectivity index (χ1n) is 12.6. The minimum atomic E-state index is -0.368. The lowest BCUT2D eigenvalue weighted by atomic mass is 10.1. The van der Waals surface area contributed by atoms with Crippen LogP contribution in [0.4, 0.5) is 17.3 Å². The van der Waals surface area contributed by atoms with Crippen molar-refractivity contribution in [2.75, 3.05) is 36.9 Å². The summed E-state index contributed by atoms with van der Waals surface area (Å²) >= 11 is 2.30. The van der Waals surface area contributed by atoms with Crippen molar-refractivity contribution < 1.29 is 14.3 Å². The van der Waals surface area contributed by atoms with Gasteiger partial charge in [-0.15, -0.1) is 0 Å². The van der Waals surface area contributed by atoms with Crippen molar-refractivity contribution in [1.29, 1.82) is 0 Å². The fourth-order valence-electron chi connectivity index (χ4n) is 4.63. The molecule has 1 aliphatic carbocycles. The van der Waals surface area contributed by atoms with Crippen LogP contribution in [0, 0.1) is 3.57 Å². The average Bonchev–Trinajstić information content (AvgIpc) is 3.22. The summed E-state index contributed by atoms with van der Waals surface area (Å²) in [5, 5.41) is 13.7. The summed E-state index contributed by atoms with van der Waals surface area (Å²) in [5.41, 5.74) is 2.58. The Hall–Kier alpha value is -3.19. The van der Waals surface area contributed by atoms with Crippen molar-refractivity contribution in [3.63, 3.8) is 0 Å². The molecule has 192 valence electrons. The van der Waals surface area contributed by atoms with E-state index in [4.69, 9.17) is 9.72 Å². The number of aromatic nitrogens is 3. The predicted molar refractivity (Wildman–Crippen MR) is 149 cm³/mol. The molecule has 0 bridgehead atoms. The van der Waals surface area contributed by atoms with Crippen LogP contribution in [0.15, 0.2) is 36.0 Å². The number of hydrogen-bond donors (Lipinski definition) is 3. The number of carbonyl (C=O) groups excluding carboxylic acids is 2. The summed E-state index contributed by atoms with van der Waals surface area (Å²) in [7, 11) is 0. The quantitative estimate of drug-likeness (QED) is 0.191. The topological polar surface area (TPSA) is 113 Å². The van der Waals surface area contributed by atoms with Crippen molar-refractivity contribution in [3.05, 3.63) is 45.2 Å². The van der Waals surface area contributed by atoms with Crippen molar-refractivity contribution in [2.24, 2.45) is 0 Å². The first kappa shape index (κ1) is 24.2. The molecule has 2 aliphatic heterocycles. The van der Waals surface area contributed by atoms with E-state index in [1.165, 1.54) is 25.9 Å². The minimum absolute atomic E-state index is 0.0617. The Kier molecular flexibility index (Phi) is 6.72. The van der Waals surface area contributed by atoms with Crippen molar-refractivity contribution in [2.45, 2.75) is 38.1 Å². The van der Waals surface area contributed by atoms with Gasteiger partial charge < -0.3 is 15.4 Å². The number of rotatable bonds is 9. The zero-order chi connectivity index (χ0) is 25.4. The van der Waals surface area contributed by atoms with E-state index in [0.717, 1.165) is 40.2 Å². The highest BCUT2D eigenvalue weighted by atomic mass is 127. The van der Waals surface area contributed by atoms with Crippen LogP contribution in [-0.4, -0.2) is 63.6 Å². The summed E-state index contributed by atoms with van der Waals surface area (Å²) in [6, 6.07) is 8.37. The molecule has 2 aromatic heterocycles. The van der Waals surface area contributed by atoms with E-state index in [0.29, 0.717) is 35.3 Å². The van der Waals surface area contributed by atoms with Crippen LogP contribution in [0.1, 0.15) is 37.7 Å². The molecule has 3 fully saturated rings. The molecule has 0 unspecified atom stereocenters. The highest BCUT2D eigenvalue weighted by Gasteiger charge is 2.26. The number of hydrogen-bond acceptors (Lipinski definition) is 8. The van der Waals surface area contributed by atoms with Crippen molar-refractivity contribution >= 4 is 63.5 Å². The maximum absolute atomic E-state index is 12.1. The second-order valence-corrected chi connectivity index (χ2v) is 10.8. The predicted octanol–water partition coefficient (Wildman–Crippen LogP) is 3.56. The van der Waals surface area contributed by atoms with E-state index in [2.05, 4.69) is 48.5 Å². The first-order valence-corrected chi connectivity index (χ1v) is 13.7. The van der Waals surface area contributed by atoms with Crippen LogP contribution in [-0.2, 0) is 9.59 Å². The van der Waals surface area contributed by atoms with Gasteiger partial charge in [0.05, 0.1) is 16.2 Å². The van der Waals surface area contributed by atoms with Gasteiger partial charge in [-0.25, -0.2) is 4.98 Å². The fourth-order valence-corrected chi connectivity index (χ4v) is 5.30. The van der Waals surface area contributed by atoms with Gasteiger partial charge in [0, 0.05) is 35.5 Å². The van der Waals surface area contributed by atoms with Crippen LogP contribution in [0.2, 0.25) is 0 Å². The molecular weight excluding hydrogens is 585 g/mol.